The molecule has 0 radical (unpaired) electrons. The van der Waals surface area contributed by atoms with Crippen LogP contribution in [-0.2, 0) is 4.74 Å². The molecule has 1 heterocycles. The van der Waals surface area contributed by atoms with Crippen LogP contribution in [0.1, 0.15) is 67.4 Å². The van der Waals surface area contributed by atoms with E-state index in [-0.39, 0.29) is 11.6 Å². The lowest BCUT2D eigenvalue weighted by Gasteiger charge is -2.13. The number of H-pyrrole nitrogens is 1. The van der Waals surface area contributed by atoms with E-state index in [2.05, 4.69) is 4.98 Å². The Morgan fingerprint density at radius 2 is 1.56 bits per heavy atom. The largest absolute Gasteiger partial charge is 0.451 e. The summed E-state index contributed by atoms with van der Waals surface area (Å²) < 4.78 is 5.33. The highest BCUT2D eigenvalue weighted by molar-refractivity contribution is 6.05. The monoisotopic (exact) mass is 341 g/mol. The summed E-state index contributed by atoms with van der Waals surface area (Å²) >= 11 is 0. The van der Waals surface area contributed by atoms with Crippen LogP contribution in [0.2, 0.25) is 0 Å². The van der Waals surface area contributed by atoms with Crippen LogP contribution < -0.4 is 0 Å². The minimum Gasteiger partial charge on any atom is -0.451 e. The van der Waals surface area contributed by atoms with Crippen LogP contribution in [0.5, 0.6) is 0 Å². The molecule has 0 unspecified atom stereocenters. The summed E-state index contributed by atoms with van der Waals surface area (Å²) in [7, 11) is 0. The summed E-state index contributed by atoms with van der Waals surface area (Å²) in [6.07, 6.45) is -0.954. The average molecular weight is 341 g/mol. The maximum absolute atomic E-state index is 12.6. The van der Waals surface area contributed by atoms with Crippen LogP contribution in [0.3, 0.4) is 0 Å². The normalized spacial score (nSPS) is 11.9. The van der Waals surface area contributed by atoms with E-state index < -0.39 is 12.1 Å². The molecule has 25 heavy (non-hydrogen) atoms. The minimum atomic E-state index is -0.954. The smallest absolute Gasteiger partial charge is 0.338 e. The minimum absolute atomic E-state index is 0.106. The van der Waals surface area contributed by atoms with Gasteiger partial charge in [0.15, 0.2) is 11.9 Å². The summed E-state index contributed by atoms with van der Waals surface area (Å²) in [5.74, 6) is -1.00. The first kappa shape index (κ1) is 18.6. The van der Waals surface area contributed by atoms with Crippen molar-refractivity contribution in [3.05, 3.63) is 57.4 Å². The quantitative estimate of drug-likeness (QED) is 0.661. The molecule has 1 aromatic carbocycles. The number of ketones is 2. The van der Waals surface area contributed by atoms with Gasteiger partial charge < -0.3 is 9.72 Å². The molecule has 1 N–H and O–H groups in total. The second-order valence-corrected chi connectivity index (χ2v) is 6.47. The first-order valence-electron chi connectivity index (χ1n) is 8.15. The van der Waals surface area contributed by atoms with Gasteiger partial charge in [-0.3, -0.25) is 9.59 Å². The molecule has 0 bridgehead atoms. The zero-order valence-electron chi connectivity index (χ0n) is 15.4. The molecule has 132 valence electrons. The predicted octanol–water partition coefficient (Wildman–Crippen LogP) is 3.88. The van der Waals surface area contributed by atoms with Crippen molar-refractivity contribution in [2.24, 2.45) is 0 Å². The van der Waals surface area contributed by atoms with Crippen molar-refractivity contribution in [2.45, 2.75) is 47.6 Å². The van der Waals surface area contributed by atoms with Gasteiger partial charge in [0.2, 0.25) is 5.78 Å². The Morgan fingerprint density at radius 3 is 2.04 bits per heavy atom. The number of Topliss-reactive ketones (excluding diaryl/α,β-unsaturated/α-hetero) is 2. The van der Waals surface area contributed by atoms with Gasteiger partial charge in [-0.15, -0.1) is 0 Å². The number of carbonyl (C=O) groups excluding carboxylic acids is 3. The van der Waals surface area contributed by atoms with E-state index in [4.69, 9.17) is 4.74 Å². The summed E-state index contributed by atoms with van der Waals surface area (Å²) in [5, 5.41) is 0. The van der Waals surface area contributed by atoms with Crippen molar-refractivity contribution in [3.8, 4) is 0 Å². The van der Waals surface area contributed by atoms with E-state index in [1.165, 1.54) is 13.8 Å². The fourth-order valence-electron chi connectivity index (χ4n) is 3.10. The Morgan fingerprint density at radius 1 is 1.00 bits per heavy atom. The topological polar surface area (TPSA) is 76.2 Å². The van der Waals surface area contributed by atoms with Crippen molar-refractivity contribution >= 4 is 17.5 Å². The molecular weight excluding hydrogens is 318 g/mol. The molecule has 0 amide bonds. The van der Waals surface area contributed by atoms with E-state index in [0.29, 0.717) is 28.1 Å². The van der Waals surface area contributed by atoms with Crippen LogP contribution in [0.25, 0.3) is 0 Å². The van der Waals surface area contributed by atoms with Crippen LogP contribution in [0.4, 0.5) is 0 Å². The number of hydrogen-bond acceptors (Lipinski definition) is 4. The van der Waals surface area contributed by atoms with Gasteiger partial charge in [-0.2, -0.15) is 0 Å². The van der Waals surface area contributed by atoms with E-state index in [9.17, 15) is 14.4 Å². The highest BCUT2D eigenvalue weighted by Crippen LogP contribution is 2.21. The predicted molar refractivity (Wildman–Crippen MR) is 95.4 cm³/mol. The van der Waals surface area contributed by atoms with Crippen molar-refractivity contribution in [1.82, 2.24) is 4.98 Å². The number of rotatable bonds is 5. The number of aromatic nitrogens is 1. The number of carbonyl (C=O) groups is 3. The Bertz CT molecular complexity index is 841. The second kappa shape index (κ2) is 7.05. The van der Waals surface area contributed by atoms with E-state index >= 15 is 0 Å². The van der Waals surface area contributed by atoms with Gasteiger partial charge in [0, 0.05) is 11.3 Å². The van der Waals surface area contributed by atoms with Crippen molar-refractivity contribution in [3.63, 3.8) is 0 Å². The van der Waals surface area contributed by atoms with Gasteiger partial charge >= 0.3 is 5.97 Å². The van der Waals surface area contributed by atoms with Crippen LogP contribution in [0, 0.1) is 27.7 Å². The number of aryl methyl sites for hydroxylation is 3. The lowest BCUT2D eigenvalue weighted by Crippen LogP contribution is -2.25. The number of benzene rings is 1. The third kappa shape index (κ3) is 3.87. The van der Waals surface area contributed by atoms with Gasteiger partial charge in [0.05, 0.1) is 11.3 Å². The lowest BCUT2D eigenvalue weighted by molar-refractivity contribution is 0.0316. The van der Waals surface area contributed by atoms with Gasteiger partial charge in [-0.25, -0.2) is 4.79 Å². The van der Waals surface area contributed by atoms with E-state index in [1.807, 2.05) is 19.9 Å². The molecule has 0 fully saturated rings. The molecule has 0 spiro atoms. The summed E-state index contributed by atoms with van der Waals surface area (Å²) in [6.45, 7) is 10.2. The number of nitrogens with one attached hydrogen (secondary N) is 1. The first-order chi connectivity index (χ1) is 11.6. The lowest BCUT2D eigenvalue weighted by atomic mass is 10.0. The second-order valence-electron chi connectivity index (χ2n) is 6.47. The standard InChI is InChI=1S/C20H23NO4/c1-10-7-11(2)9-16(8-10)20(24)25-15(6)19(23)18-12(3)17(14(5)22)13(4)21-18/h7-9,15,21H,1-6H3/t15-/m1/s1. The molecule has 5 nitrogen and oxygen atoms in total. The fourth-order valence-corrected chi connectivity index (χ4v) is 3.10. The first-order valence-corrected chi connectivity index (χ1v) is 8.15. The Kier molecular flexibility index (Phi) is 5.26. The Labute approximate surface area is 147 Å². The third-order valence-electron chi connectivity index (χ3n) is 4.15. The molecule has 5 heteroatoms. The van der Waals surface area contributed by atoms with Gasteiger partial charge in [0.25, 0.3) is 0 Å². The average Bonchev–Trinajstić information content (AvgIpc) is 2.80. The van der Waals surface area contributed by atoms with E-state index in [0.717, 1.165) is 11.1 Å². The molecule has 1 aromatic heterocycles. The van der Waals surface area contributed by atoms with Crippen LogP contribution in [-0.4, -0.2) is 28.6 Å². The highest BCUT2D eigenvalue weighted by atomic mass is 16.5. The molecule has 0 aliphatic heterocycles. The maximum atomic E-state index is 12.6. The molecule has 0 saturated carbocycles. The van der Waals surface area contributed by atoms with Gasteiger partial charge in [-0.05, 0) is 59.2 Å². The molecular formula is C20H23NO4. The molecule has 2 aromatic rings. The fraction of sp³-hybridized carbons (Fsp3) is 0.350. The molecule has 0 saturated heterocycles. The van der Waals surface area contributed by atoms with E-state index in [1.54, 1.807) is 26.0 Å². The zero-order valence-corrected chi connectivity index (χ0v) is 15.4. The Balaban J connectivity index is 2.22. The van der Waals surface area contributed by atoms with Gasteiger partial charge in [-0.1, -0.05) is 17.2 Å². The van der Waals surface area contributed by atoms with Gasteiger partial charge in [0.1, 0.15) is 0 Å². The number of hydrogen-bond donors (Lipinski definition) is 1. The van der Waals surface area contributed by atoms with Crippen molar-refractivity contribution in [2.75, 3.05) is 0 Å². The van der Waals surface area contributed by atoms with Crippen LogP contribution in [0.15, 0.2) is 18.2 Å². The summed E-state index contributed by atoms with van der Waals surface area (Å²) in [6, 6.07) is 5.41. The molecule has 1 atom stereocenters. The van der Waals surface area contributed by atoms with Crippen molar-refractivity contribution in [1.29, 1.82) is 0 Å². The SMILES string of the molecule is CC(=O)c1c(C)[nH]c(C(=O)[C@@H](C)OC(=O)c2cc(C)cc(C)c2)c1C. The third-order valence-corrected chi connectivity index (χ3v) is 4.15. The Hall–Kier alpha value is -2.69. The molecule has 0 aliphatic carbocycles. The number of ether oxygens (including phenoxy) is 1. The van der Waals surface area contributed by atoms with Crippen molar-refractivity contribution < 1.29 is 19.1 Å². The van der Waals surface area contributed by atoms with Crippen LogP contribution >= 0.6 is 0 Å². The zero-order chi connectivity index (χ0) is 18.9. The molecule has 0 aliphatic rings. The highest BCUT2D eigenvalue weighted by Gasteiger charge is 2.26. The summed E-state index contributed by atoms with van der Waals surface area (Å²) in [5.41, 5.74) is 4.37. The molecule has 2 rings (SSSR count). The number of esters is 1. The number of aromatic amines is 1. The maximum Gasteiger partial charge on any atom is 0.338 e. The summed E-state index contributed by atoms with van der Waals surface area (Å²) in [4.78, 5) is 39.6.